The summed E-state index contributed by atoms with van der Waals surface area (Å²) in [6, 6.07) is 3.94. The maximum atomic E-state index is 14.1. The summed E-state index contributed by atoms with van der Waals surface area (Å²) in [4.78, 5) is 6.06. The highest BCUT2D eigenvalue weighted by molar-refractivity contribution is 14.0. The summed E-state index contributed by atoms with van der Waals surface area (Å²) in [7, 11) is 5.34. The Labute approximate surface area is 176 Å². The van der Waals surface area contributed by atoms with E-state index in [4.69, 9.17) is 0 Å². The van der Waals surface area contributed by atoms with Crippen LogP contribution in [0.4, 0.5) is 8.78 Å². The van der Waals surface area contributed by atoms with Crippen LogP contribution in [0.3, 0.4) is 0 Å². The lowest BCUT2D eigenvalue weighted by Crippen LogP contribution is -2.45. The van der Waals surface area contributed by atoms with Crippen molar-refractivity contribution < 1.29 is 8.78 Å². The van der Waals surface area contributed by atoms with Crippen LogP contribution < -0.4 is 10.6 Å². The minimum Gasteiger partial charge on any atom is -0.354 e. The first-order valence-electron chi connectivity index (χ1n) is 8.56. The maximum Gasteiger partial charge on any atom is 0.191 e. The number of nitrogens with one attached hydrogen (secondary N) is 2. The average molecular weight is 498 g/mol. The number of benzene rings is 1. The molecule has 0 amide bonds. The summed E-state index contributed by atoms with van der Waals surface area (Å²) in [5.74, 6) is -0.376. The van der Waals surface area contributed by atoms with Crippen LogP contribution >= 0.6 is 35.7 Å². The molecule has 2 N–H and O–H groups in total. The smallest absolute Gasteiger partial charge is 0.191 e. The molecule has 26 heavy (non-hydrogen) atoms. The van der Waals surface area contributed by atoms with E-state index in [1.54, 1.807) is 11.9 Å². The number of thioether (sulfide) groups is 1. The molecule has 0 aliphatic heterocycles. The van der Waals surface area contributed by atoms with Crippen LogP contribution in [-0.4, -0.2) is 56.1 Å². The van der Waals surface area contributed by atoms with Crippen LogP contribution in [0.25, 0.3) is 0 Å². The third-order valence-corrected chi connectivity index (χ3v) is 5.80. The van der Waals surface area contributed by atoms with Crippen molar-refractivity contribution in [3.63, 3.8) is 0 Å². The molecule has 0 heterocycles. The Morgan fingerprint density at radius 3 is 2.46 bits per heavy atom. The maximum absolute atomic E-state index is 14.1. The minimum absolute atomic E-state index is 0. The number of guanidine groups is 1. The van der Waals surface area contributed by atoms with Gasteiger partial charge in [0, 0.05) is 30.4 Å². The van der Waals surface area contributed by atoms with Crippen LogP contribution in [0, 0.1) is 11.6 Å². The Hall–Kier alpha value is -0.610. The van der Waals surface area contributed by atoms with Gasteiger partial charge in [0.15, 0.2) is 5.96 Å². The molecule has 0 bridgehead atoms. The van der Waals surface area contributed by atoms with Gasteiger partial charge in [-0.1, -0.05) is 6.07 Å². The summed E-state index contributed by atoms with van der Waals surface area (Å²) >= 11 is 1.90. The summed E-state index contributed by atoms with van der Waals surface area (Å²) in [6.07, 6.45) is 5.58. The highest BCUT2D eigenvalue weighted by Crippen LogP contribution is 2.28. The SMILES string of the molecule is CN=C(NCC(c1c(F)cccc1F)N(C)C)NC1CCC(SC)C1.I. The predicted molar refractivity (Wildman–Crippen MR) is 118 cm³/mol. The predicted octanol–water partition coefficient (Wildman–Crippen LogP) is 3.63. The lowest BCUT2D eigenvalue weighted by molar-refractivity contribution is 0.282. The van der Waals surface area contributed by atoms with Gasteiger partial charge in [-0.3, -0.25) is 4.99 Å². The van der Waals surface area contributed by atoms with E-state index in [9.17, 15) is 8.78 Å². The molecule has 1 aromatic rings. The van der Waals surface area contributed by atoms with Crippen molar-refractivity contribution in [2.75, 3.05) is 33.9 Å². The summed E-state index contributed by atoms with van der Waals surface area (Å²) in [5, 5.41) is 7.34. The number of hydrogen-bond acceptors (Lipinski definition) is 3. The van der Waals surface area contributed by atoms with E-state index >= 15 is 0 Å². The summed E-state index contributed by atoms with van der Waals surface area (Å²) in [5.41, 5.74) is 0.0822. The first-order chi connectivity index (χ1) is 12.0. The van der Waals surface area contributed by atoms with Gasteiger partial charge >= 0.3 is 0 Å². The van der Waals surface area contributed by atoms with Gasteiger partial charge < -0.3 is 15.5 Å². The first kappa shape index (κ1) is 23.4. The first-order valence-corrected chi connectivity index (χ1v) is 9.85. The zero-order valence-corrected chi connectivity index (χ0v) is 18.9. The molecule has 0 radical (unpaired) electrons. The van der Waals surface area contributed by atoms with Crippen molar-refractivity contribution in [3.8, 4) is 0 Å². The Balaban J connectivity index is 0.00000338. The van der Waals surface area contributed by atoms with E-state index in [-0.39, 0.29) is 29.5 Å². The van der Waals surface area contributed by atoms with Gasteiger partial charge in [0.05, 0.1) is 6.04 Å². The monoisotopic (exact) mass is 498 g/mol. The molecule has 0 spiro atoms. The van der Waals surface area contributed by atoms with Gasteiger partial charge in [0.1, 0.15) is 11.6 Å². The van der Waals surface area contributed by atoms with Crippen LogP contribution in [0.5, 0.6) is 0 Å². The largest absolute Gasteiger partial charge is 0.354 e. The van der Waals surface area contributed by atoms with E-state index < -0.39 is 17.7 Å². The fourth-order valence-corrected chi connectivity index (χ4v) is 4.04. The third-order valence-electron chi connectivity index (χ3n) is 4.70. The van der Waals surface area contributed by atoms with Gasteiger partial charge in [0.2, 0.25) is 0 Å². The number of likely N-dealkylation sites (N-methyl/N-ethyl adjacent to an activating group) is 1. The molecule has 1 aromatic carbocycles. The van der Waals surface area contributed by atoms with Crippen LogP contribution in [-0.2, 0) is 0 Å². The number of halogens is 3. The topological polar surface area (TPSA) is 39.7 Å². The van der Waals surface area contributed by atoms with Gasteiger partial charge in [-0.05, 0) is 51.7 Å². The molecule has 4 nitrogen and oxygen atoms in total. The Morgan fingerprint density at radius 1 is 1.31 bits per heavy atom. The standard InChI is InChI=1S/C18H28F2N4S.HI/c1-21-18(23-12-8-9-13(10-12)25-4)22-11-16(24(2)3)17-14(19)6-5-7-15(17)20;/h5-7,12-13,16H,8-11H2,1-4H3,(H2,21,22,23);1H. The highest BCUT2D eigenvalue weighted by atomic mass is 127. The molecule has 2 rings (SSSR count). The number of nitrogens with zero attached hydrogens (tertiary/aromatic N) is 2. The molecule has 1 aliphatic rings. The highest BCUT2D eigenvalue weighted by Gasteiger charge is 2.26. The van der Waals surface area contributed by atoms with Gasteiger partial charge in [-0.2, -0.15) is 11.8 Å². The second-order valence-corrected chi connectivity index (χ2v) is 7.72. The second kappa shape index (κ2) is 11.3. The van der Waals surface area contributed by atoms with Crippen LogP contribution in [0.1, 0.15) is 30.9 Å². The molecule has 8 heteroatoms. The molecule has 3 atom stereocenters. The molecule has 1 fully saturated rings. The van der Waals surface area contributed by atoms with Gasteiger partial charge in [-0.15, -0.1) is 24.0 Å². The lowest BCUT2D eigenvalue weighted by Gasteiger charge is -2.27. The average Bonchev–Trinajstić information content (AvgIpc) is 3.03. The van der Waals surface area contributed by atoms with E-state index in [1.807, 2.05) is 25.9 Å². The second-order valence-electron chi connectivity index (χ2n) is 6.58. The van der Waals surface area contributed by atoms with Crippen molar-refractivity contribution in [1.29, 1.82) is 0 Å². The zero-order chi connectivity index (χ0) is 18.4. The van der Waals surface area contributed by atoms with Crippen molar-refractivity contribution in [2.24, 2.45) is 4.99 Å². The quantitative estimate of drug-likeness (QED) is 0.357. The Kier molecular flexibility index (Phi) is 10.2. The molecular weight excluding hydrogens is 469 g/mol. The van der Waals surface area contributed by atoms with Gasteiger partial charge in [-0.25, -0.2) is 8.78 Å². The number of aliphatic imine (C=N–C) groups is 1. The van der Waals surface area contributed by atoms with Crippen molar-refractivity contribution in [3.05, 3.63) is 35.4 Å². The van der Waals surface area contributed by atoms with Crippen LogP contribution in [0.15, 0.2) is 23.2 Å². The lowest BCUT2D eigenvalue weighted by atomic mass is 10.0. The molecule has 0 saturated heterocycles. The fraction of sp³-hybridized carbons (Fsp3) is 0.611. The van der Waals surface area contributed by atoms with E-state index in [2.05, 4.69) is 21.9 Å². The Bertz CT molecular complexity index is 580. The van der Waals surface area contributed by atoms with E-state index in [0.29, 0.717) is 23.8 Å². The molecule has 1 aliphatic carbocycles. The fourth-order valence-electron chi connectivity index (χ4n) is 3.24. The molecular formula is C18H29F2IN4S. The summed E-state index contributed by atoms with van der Waals surface area (Å²) in [6.45, 7) is 0.364. The third kappa shape index (κ3) is 6.23. The minimum atomic E-state index is -0.526. The zero-order valence-electron chi connectivity index (χ0n) is 15.8. The molecule has 148 valence electrons. The molecule has 3 unspecified atom stereocenters. The van der Waals surface area contributed by atoms with E-state index in [1.165, 1.54) is 24.6 Å². The summed E-state index contributed by atoms with van der Waals surface area (Å²) < 4.78 is 28.3. The Morgan fingerprint density at radius 2 is 1.96 bits per heavy atom. The van der Waals surface area contributed by atoms with Gasteiger partial charge in [0.25, 0.3) is 0 Å². The van der Waals surface area contributed by atoms with Crippen molar-refractivity contribution >= 4 is 41.7 Å². The van der Waals surface area contributed by atoms with Crippen molar-refractivity contribution in [1.82, 2.24) is 15.5 Å². The van der Waals surface area contributed by atoms with Crippen LogP contribution in [0.2, 0.25) is 0 Å². The molecule has 0 aromatic heterocycles. The van der Waals surface area contributed by atoms with Crippen molar-refractivity contribution in [2.45, 2.75) is 36.6 Å². The van der Waals surface area contributed by atoms with E-state index in [0.717, 1.165) is 12.8 Å². The number of hydrogen-bond donors (Lipinski definition) is 2. The molecule has 1 saturated carbocycles. The normalized spacial score (nSPS) is 21.4. The number of rotatable bonds is 6.